The third-order valence-corrected chi connectivity index (χ3v) is 3.47. The molecule has 2 rings (SSSR count). The van der Waals surface area contributed by atoms with E-state index in [9.17, 15) is 9.59 Å². The SMILES string of the molecule is CNC(=O)C(=Cc1ccc(Br)cc1)NC(=O)c1ccccc1. The molecule has 0 aromatic heterocycles. The zero-order valence-corrected chi connectivity index (χ0v) is 13.6. The molecular formula is C17H15BrN2O2. The Labute approximate surface area is 137 Å². The first kappa shape index (κ1) is 16.0. The third kappa shape index (κ3) is 4.30. The van der Waals surface area contributed by atoms with Gasteiger partial charge in [0.2, 0.25) is 0 Å². The number of hydrogen-bond acceptors (Lipinski definition) is 2. The molecule has 0 saturated heterocycles. The second-order valence-corrected chi connectivity index (χ2v) is 5.42. The van der Waals surface area contributed by atoms with Gasteiger partial charge in [0.05, 0.1) is 0 Å². The topological polar surface area (TPSA) is 58.2 Å². The molecular weight excluding hydrogens is 344 g/mol. The highest BCUT2D eigenvalue weighted by Gasteiger charge is 2.13. The van der Waals surface area contributed by atoms with Gasteiger partial charge in [-0.2, -0.15) is 0 Å². The first-order valence-corrected chi connectivity index (χ1v) is 7.45. The summed E-state index contributed by atoms with van der Waals surface area (Å²) in [5.74, 6) is -0.681. The normalized spacial score (nSPS) is 10.9. The quantitative estimate of drug-likeness (QED) is 0.825. The molecule has 2 N–H and O–H groups in total. The Balaban J connectivity index is 2.25. The number of amides is 2. The number of benzene rings is 2. The van der Waals surface area contributed by atoms with Crippen LogP contribution in [0.4, 0.5) is 0 Å². The standard InChI is InChI=1S/C17H15BrN2O2/c1-19-17(22)15(11-12-7-9-14(18)10-8-12)20-16(21)13-5-3-2-4-6-13/h2-11H,1H3,(H,19,22)(H,20,21). The largest absolute Gasteiger partial charge is 0.354 e. The summed E-state index contributed by atoms with van der Waals surface area (Å²) in [6.45, 7) is 0. The molecule has 2 aromatic carbocycles. The van der Waals surface area contributed by atoms with E-state index in [1.165, 1.54) is 7.05 Å². The second-order valence-electron chi connectivity index (χ2n) is 4.51. The lowest BCUT2D eigenvalue weighted by atomic mass is 10.1. The number of likely N-dealkylation sites (N-methyl/N-ethyl adjacent to an activating group) is 1. The minimum absolute atomic E-state index is 0.193. The molecule has 0 saturated carbocycles. The Morgan fingerprint density at radius 3 is 2.23 bits per heavy atom. The van der Waals surface area contributed by atoms with E-state index < -0.39 is 0 Å². The number of hydrogen-bond donors (Lipinski definition) is 2. The summed E-state index contributed by atoms with van der Waals surface area (Å²) in [6.07, 6.45) is 1.63. The molecule has 0 bridgehead atoms. The van der Waals surface area contributed by atoms with E-state index in [0.717, 1.165) is 10.0 Å². The van der Waals surface area contributed by atoms with Crippen molar-refractivity contribution >= 4 is 33.8 Å². The van der Waals surface area contributed by atoms with Crippen LogP contribution in [0, 0.1) is 0 Å². The summed E-state index contributed by atoms with van der Waals surface area (Å²) in [7, 11) is 1.52. The zero-order chi connectivity index (χ0) is 15.9. The maximum Gasteiger partial charge on any atom is 0.267 e. The summed E-state index contributed by atoms with van der Waals surface area (Å²) >= 11 is 3.36. The van der Waals surface area contributed by atoms with Crippen LogP contribution < -0.4 is 10.6 Å². The maximum atomic E-state index is 12.2. The molecule has 0 aliphatic carbocycles. The van der Waals surface area contributed by atoms with Gasteiger partial charge in [0.15, 0.2) is 0 Å². The van der Waals surface area contributed by atoms with Crippen molar-refractivity contribution in [3.8, 4) is 0 Å². The lowest BCUT2D eigenvalue weighted by Crippen LogP contribution is -2.33. The molecule has 2 amide bonds. The van der Waals surface area contributed by atoms with Crippen molar-refractivity contribution in [3.63, 3.8) is 0 Å². The van der Waals surface area contributed by atoms with Crippen molar-refractivity contribution in [2.24, 2.45) is 0 Å². The molecule has 0 atom stereocenters. The van der Waals surface area contributed by atoms with E-state index >= 15 is 0 Å². The van der Waals surface area contributed by atoms with Gasteiger partial charge in [-0.25, -0.2) is 0 Å². The van der Waals surface area contributed by atoms with Crippen LogP contribution in [0.25, 0.3) is 6.08 Å². The fourth-order valence-electron chi connectivity index (χ4n) is 1.80. The Kier molecular flexibility index (Phi) is 5.49. The molecule has 22 heavy (non-hydrogen) atoms. The summed E-state index contributed by atoms with van der Waals surface area (Å²) in [5, 5.41) is 5.17. The molecule has 5 heteroatoms. The van der Waals surface area contributed by atoms with Crippen LogP contribution in [0.3, 0.4) is 0 Å². The minimum atomic E-state index is -0.354. The van der Waals surface area contributed by atoms with Gasteiger partial charge in [-0.15, -0.1) is 0 Å². The monoisotopic (exact) mass is 358 g/mol. The van der Waals surface area contributed by atoms with Crippen molar-refractivity contribution in [1.29, 1.82) is 0 Å². The van der Waals surface area contributed by atoms with Crippen LogP contribution in [0.2, 0.25) is 0 Å². The first-order chi connectivity index (χ1) is 10.6. The Morgan fingerprint density at radius 1 is 1.00 bits per heavy atom. The first-order valence-electron chi connectivity index (χ1n) is 6.66. The van der Waals surface area contributed by atoms with Crippen LogP contribution >= 0.6 is 15.9 Å². The van der Waals surface area contributed by atoms with Crippen LogP contribution in [-0.4, -0.2) is 18.9 Å². The highest BCUT2D eigenvalue weighted by atomic mass is 79.9. The van der Waals surface area contributed by atoms with E-state index in [1.807, 2.05) is 30.3 Å². The predicted octanol–water partition coefficient (Wildman–Crippen LogP) is 2.97. The van der Waals surface area contributed by atoms with E-state index in [2.05, 4.69) is 26.6 Å². The molecule has 0 aliphatic heterocycles. The van der Waals surface area contributed by atoms with Crippen LogP contribution in [0.5, 0.6) is 0 Å². The van der Waals surface area contributed by atoms with Crippen molar-refractivity contribution in [2.45, 2.75) is 0 Å². The van der Waals surface area contributed by atoms with Crippen molar-refractivity contribution in [3.05, 3.63) is 75.9 Å². The van der Waals surface area contributed by atoms with Crippen molar-refractivity contribution < 1.29 is 9.59 Å². The number of carbonyl (C=O) groups is 2. The van der Waals surface area contributed by atoms with E-state index in [-0.39, 0.29) is 17.5 Å². The van der Waals surface area contributed by atoms with Gasteiger partial charge in [-0.1, -0.05) is 46.3 Å². The fraction of sp³-hybridized carbons (Fsp3) is 0.0588. The summed E-state index contributed by atoms with van der Waals surface area (Å²) in [5.41, 5.74) is 1.50. The lowest BCUT2D eigenvalue weighted by Gasteiger charge is -2.09. The van der Waals surface area contributed by atoms with Crippen molar-refractivity contribution in [1.82, 2.24) is 10.6 Å². The third-order valence-electron chi connectivity index (χ3n) is 2.94. The van der Waals surface area contributed by atoms with Crippen LogP contribution in [0.15, 0.2) is 64.8 Å². The van der Waals surface area contributed by atoms with Gasteiger partial charge in [0.1, 0.15) is 5.70 Å². The second kappa shape index (κ2) is 7.56. The number of carbonyl (C=O) groups excluding carboxylic acids is 2. The highest BCUT2D eigenvalue weighted by molar-refractivity contribution is 9.10. The van der Waals surface area contributed by atoms with Gasteiger partial charge >= 0.3 is 0 Å². The lowest BCUT2D eigenvalue weighted by molar-refractivity contribution is -0.117. The molecule has 0 radical (unpaired) electrons. The fourth-order valence-corrected chi connectivity index (χ4v) is 2.07. The number of nitrogens with one attached hydrogen (secondary N) is 2. The Hall–Kier alpha value is -2.40. The average molecular weight is 359 g/mol. The average Bonchev–Trinajstić information content (AvgIpc) is 2.56. The predicted molar refractivity (Wildman–Crippen MR) is 90.1 cm³/mol. The Morgan fingerprint density at radius 2 is 1.64 bits per heavy atom. The van der Waals surface area contributed by atoms with Gasteiger partial charge in [-0.3, -0.25) is 9.59 Å². The van der Waals surface area contributed by atoms with E-state index in [4.69, 9.17) is 0 Å². The minimum Gasteiger partial charge on any atom is -0.354 e. The smallest absolute Gasteiger partial charge is 0.267 e. The van der Waals surface area contributed by atoms with Gasteiger partial charge in [0.25, 0.3) is 11.8 Å². The Bertz CT molecular complexity index is 694. The molecule has 0 unspecified atom stereocenters. The van der Waals surface area contributed by atoms with Gasteiger partial charge in [0, 0.05) is 17.1 Å². The van der Waals surface area contributed by atoms with Crippen molar-refractivity contribution in [2.75, 3.05) is 7.05 Å². The van der Waals surface area contributed by atoms with Crippen LogP contribution in [-0.2, 0) is 4.79 Å². The molecule has 0 fully saturated rings. The molecule has 0 spiro atoms. The highest BCUT2D eigenvalue weighted by Crippen LogP contribution is 2.13. The number of rotatable bonds is 4. The molecule has 112 valence electrons. The van der Waals surface area contributed by atoms with E-state index in [0.29, 0.717) is 5.56 Å². The number of halogens is 1. The summed E-state index contributed by atoms with van der Waals surface area (Å²) in [6, 6.07) is 16.2. The van der Waals surface area contributed by atoms with Gasteiger partial charge < -0.3 is 10.6 Å². The summed E-state index contributed by atoms with van der Waals surface area (Å²) in [4.78, 5) is 24.1. The van der Waals surface area contributed by atoms with E-state index in [1.54, 1.807) is 30.3 Å². The molecule has 0 heterocycles. The molecule has 0 aliphatic rings. The molecule has 4 nitrogen and oxygen atoms in total. The summed E-state index contributed by atoms with van der Waals surface area (Å²) < 4.78 is 0.944. The van der Waals surface area contributed by atoms with Gasteiger partial charge in [-0.05, 0) is 35.9 Å². The molecule has 2 aromatic rings. The zero-order valence-electron chi connectivity index (χ0n) is 12.0. The van der Waals surface area contributed by atoms with Crippen LogP contribution in [0.1, 0.15) is 15.9 Å². The maximum absolute atomic E-state index is 12.2.